The maximum atomic E-state index is 10.4. The van der Waals surface area contributed by atoms with E-state index in [1.165, 1.54) is 19.8 Å². The van der Waals surface area contributed by atoms with E-state index in [1.54, 1.807) is 0 Å². The zero-order valence-corrected chi connectivity index (χ0v) is 9.38. The molecule has 0 rings (SSSR count). The summed E-state index contributed by atoms with van der Waals surface area (Å²) in [6.07, 6.45) is 5.50. The van der Waals surface area contributed by atoms with Crippen LogP contribution in [0.4, 0.5) is 0 Å². The van der Waals surface area contributed by atoms with Crippen molar-refractivity contribution in [3.8, 4) is 0 Å². The Morgan fingerprint density at radius 1 is 1.00 bits per heavy atom. The van der Waals surface area contributed by atoms with Crippen molar-refractivity contribution >= 4 is 5.97 Å². The van der Waals surface area contributed by atoms with Gasteiger partial charge < -0.3 is 9.47 Å². The number of esters is 1. The zero-order chi connectivity index (χ0) is 10.6. The number of ether oxygens (including phenoxy) is 2. The number of rotatable bonds is 9. The van der Waals surface area contributed by atoms with Gasteiger partial charge in [-0.3, -0.25) is 4.79 Å². The van der Waals surface area contributed by atoms with E-state index in [1.807, 2.05) is 0 Å². The van der Waals surface area contributed by atoms with Gasteiger partial charge in [0, 0.05) is 20.1 Å². The van der Waals surface area contributed by atoms with Gasteiger partial charge in [-0.2, -0.15) is 0 Å². The van der Waals surface area contributed by atoms with Gasteiger partial charge in [-0.25, -0.2) is 0 Å². The van der Waals surface area contributed by atoms with E-state index in [-0.39, 0.29) is 5.97 Å². The van der Waals surface area contributed by atoms with Crippen LogP contribution in [0.2, 0.25) is 0 Å². The van der Waals surface area contributed by atoms with Gasteiger partial charge in [0.1, 0.15) is 0 Å². The van der Waals surface area contributed by atoms with Crippen LogP contribution in [0.25, 0.3) is 0 Å². The molecular formula is C11H22O3. The summed E-state index contributed by atoms with van der Waals surface area (Å²) in [5.41, 5.74) is 0. The second kappa shape index (κ2) is 10.5. The fourth-order valence-corrected chi connectivity index (χ4v) is 1.08. The first-order valence-corrected chi connectivity index (χ1v) is 5.48. The van der Waals surface area contributed by atoms with Crippen molar-refractivity contribution in [1.82, 2.24) is 0 Å². The van der Waals surface area contributed by atoms with Gasteiger partial charge in [-0.15, -0.1) is 0 Å². The molecule has 0 saturated carbocycles. The average Bonchev–Trinajstić information content (AvgIpc) is 2.15. The third-order valence-corrected chi connectivity index (χ3v) is 1.88. The van der Waals surface area contributed by atoms with Crippen LogP contribution in [0.1, 0.15) is 46.0 Å². The summed E-state index contributed by atoms with van der Waals surface area (Å²) >= 11 is 0. The Hall–Kier alpha value is -0.570. The fourth-order valence-electron chi connectivity index (χ4n) is 1.08. The van der Waals surface area contributed by atoms with Gasteiger partial charge in [-0.05, 0) is 19.3 Å². The summed E-state index contributed by atoms with van der Waals surface area (Å²) in [7, 11) is 0. The molecule has 0 spiro atoms. The van der Waals surface area contributed by atoms with Crippen molar-refractivity contribution in [1.29, 1.82) is 0 Å². The number of hydrogen-bond donors (Lipinski definition) is 0. The minimum Gasteiger partial charge on any atom is -0.466 e. The maximum absolute atomic E-state index is 10.4. The van der Waals surface area contributed by atoms with Crippen LogP contribution >= 0.6 is 0 Å². The van der Waals surface area contributed by atoms with Gasteiger partial charge >= 0.3 is 5.97 Å². The molecule has 0 aliphatic heterocycles. The molecule has 0 aromatic carbocycles. The molecule has 0 N–H and O–H groups in total. The van der Waals surface area contributed by atoms with Gasteiger partial charge in [0.25, 0.3) is 0 Å². The first-order valence-electron chi connectivity index (χ1n) is 5.48. The number of hydrogen-bond acceptors (Lipinski definition) is 3. The van der Waals surface area contributed by atoms with Gasteiger partial charge in [0.05, 0.1) is 6.61 Å². The van der Waals surface area contributed by atoms with Crippen molar-refractivity contribution in [2.75, 3.05) is 19.8 Å². The molecule has 84 valence electrons. The number of unbranched alkanes of at least 4 members (excludes halogenated alkanes) is 3. The van der Waals surface area contributed by atoms with Crippen molar-refractivity contribution in [3.63, 3.8) is 0 Å². The lowest BCUT2D eigenvalue weighted by Crippen LogP contribution is -2.03. The van der Waals surface area contributed by atoms with Crippen LogP contribution in [0.3, 0.4) is 0 Å². The van der Waals surface area contributed by atoms with Crippen molar-refractivity contribution < 1.29 is 14.3 Å². The molecule has 3 nitrogen and oxygen atoms in total. The quantitative estimate of drug-likeness (QED) is 0.426. The van der Waals surface area contributed by atoms with E-state index in [4.69, 9.17) is 9.47 Å². The Kier molecular flexibility index (Phi) is 10.1. The minimum atomic E-state index is -0.200. The second-order valence-corrected chi connectivity index (χ2v) is 3.37. The molecule has 0 amide bonds. The molecular weight excluding hydrogens is 180 g/mol. The standard InChI is InChI=1S/C11H22O3/c1-3-4-5-8-13-9-6-7-10-14-11(2)12/h3-10H2,1-2H3. The lowest BCUT2D eigenvalue weighted by molar-refractivity contribution is -0.141. The van der Waals surface area contributed by atoms with Crippen LogP contribution in [0.15, 0.2) is 0 Å². The van der Waals surface area contributed by atoms with Crippen molar-refractivity contribution in [2.45, 2.75) is 46.0 Å². The number of carbonyl (C=O) groups is 1. The molecule has 0 saturated heterocycles. The SMILES string of the molecule is CCCCCOCCCCOC(C)=O. The van der Waals surface area contributed by atoms with Crippen LogP contribution in [-0.4, -0.2) is 25.8 Å². The highest BCUT2D eigenvalue weighted by Gasteiger charge is 1.93. The monoisotopic (exact) mass is 202 g/mol. The lowest BCUT2D eigenvalue weighted by atomic mass is 10.3. The van der Waals surface area contributed by atoms with Crippen LogP contribution in [-0.2, 0) is 14.3 Å². The third kappa shape index (κ3) is 11.4. The van der Waals surface area contributed by atoms with Gasteiger partial charge in [0.2, 0.25) is 0 Å². The topological polar surface area (TPSA) is 35.5 Å². The largest absolute Gasteiger partial charge is 0.466 e. The van der Waals surface area contributed by atoms with Crippen LogP contribution in [0, 0.1) is 0 Å². The number of carbonyl (C=O) groups excluding carboxylic acids is 1. The molecule has 0 radical (unpaired) electrons. The Morgan fingerprint density at radius 3 is 2.14 bits per heavy atom. The average molecular weight is 202 g/mol. The molecule has 0 aromatic rings. The third-order valence-electron chi connectivity index (χ3n) is 1.88. The molecule has 0 bridgehead atoms. The van der Waals surface area contributed by atoms with Crippen LogP contribution < -0.4 is 0 Å². The predicted molar refractivity (Wildman–Crippen MR) is 56.2 cm³/mol. The highest BCUT2D eigenvalue weighted by Crippen LogP contribution is 1.96. The van der Waals surface area contributed by atoms with E-state index in [0.29, 0.717) is 6.61 Å². The molecule has 0 aromatic heterocycles. The first kappa shape index (κ1) is 13.4. The predicted octanol–water partition coefficient (Wildman–Crippen LogP) is 2.54. The fraction of sp³-hybridized carbons (Fsp3) is 0.909. The molecule has 0 fully saturated rings. The summed E-state index contributed by atoms with van der Waals surface area (Å²) in [5, 5.41) is 0. The Morgan fingerprint density at radius 2 is 1.57 bits per heavy atom. The second-order valence-electron chi connectivity index (χ2n) is 3.37. The Balaban J connectivity index is 2.88. The maximum Gasteiger partial charge on any atom is 0.302 e. The van der Waals surface area contributed by atoms with E-state index in [2.05, 4.69) is 6.92 Å². The first-order chi connectivity index (χ1) is 6.77. The van der Waals surface area contributed by atoms with E-state index in [9.17, 15) is 4.79 Å². The summed E-state index contributed by atoms with van der Waals surface area (Å²) in [5.74, 6) is -0.200. The molecule has 0 unspecified atom stereocenters. The van der Waals surface area contributed by atoms with E-state index < -0.39 is 0 Å². The highest BCUT2D eigenvalue weighted by atomic mass is 16.5. The van der Waals surface area contributed by atoms with E-state index in [0.717, 1.165) is 32.5 Å². The van der Waals surface area contributed by atoms with Crippen molar-refractivity contribution in [3.05, 3.63) is 0 Å². The normalized spacial score (nSPS) is 10.1. The Bertz CT molecular complexity index is 134. The van der Waals surface area contributed by atoms with E-state index >= 15 is 0 Å². The van der Waals surface area contributed by atoms with Gasteiger partial charge in [-0.1, -0.05) is 19.8 Å². The molecule has 0 heterocycles. The molecule has 14 heavy (non-hydrogen) atoms. The minimum absolute atomic E-state index is 0.200. The lowest BCUT2D eigenvalue weighted by Gasteiger charge is -2.03. The van der Waals surface area contributed by atoms with Crippen molar-refractivity contribution in [2.24, 2.45) is 0 Å². The van der Waals surface area contributed by atoms with Crippen LogP contribution in [0.5, 0.6) is 0 Å². The summed E-state index contributed by atoms with van der Waals surface area (Å²) in [6.45, 7) is 5.78. The smallest absolute Gasteiger partial charge is 0.302 e. The summed E-state index contributed by atoms with van der Waals surface area (Å²) < 4.78 is 10.2. The molecule has 0 aliphatic rings. The molecule has 0 atom stereocenters. The highest BCUT2D eigenvalue weighted by molar-refractivity contribution is 5.65. The summed E-state index contributed by atoms with van der Waals surface area (Å²) in [4.78, 5) is 10.4. The zero-order valence-electron chi connectivity index (χ0n) is 9.38. The van der Waals surface area contributed by atoms with Gasteiger partial charge in [0.15, 0.2) is 0 Å². The molecule has 3 heteroatoms. The summed E-state index contributed by atoms with van der Waals surface area (Å²) in [6, 6.07) is 0. The Labute approximate surface area is 86.8 Å². The molecule has 0 aliphatic carbocycles.